The summed E-state index contributed by atoms with van der Waals surface area (Å²) in [6.45, 7) is 0.513. The highest BCUT2D eigenvalue weighted by Crippen LogP contribution is 2.14. The molecule has 1 aromatic heterocycles. The summed E-state index contributed by atoms with van der Waals surface area (Å²) in [5.74, 6) is 0.857. The van der Waals surface area contributed by atoms with Gasteiger partial charge in [-0.3, -0.25) is 5.10 Å². The van der Waals surface area contributed by atoms with E-state index in [2.05, 4.69) is 10.1 Å². The van der Waals surface area contributed by atoms with E-state index in [0.717, 1.165) is 17.0 Å². The fraction of sp³-hybridized carbons (Fsp3) is 0.0667. The second-order valence-corrected chi connectivity index (χ2v) is 4.64. The van der Waals surface area contributed by atoms with Gasteiger partial charge < -0.3 is 4.74 Å². The maximum atomic E-state index is 5.73. The van der Waals surface area contributed by atoms with Crippen molar-refractivity contribution in [3.05, 3.63) is 71.3 Å². The van der Waals surface area contributed by atoms with Crippen LogP contribution in [0.15, 0.2) is 60.9 Å². The fourth-order valence-electron chi connectivity index (χ4n) is 1.91. The average molecular weight is 283 g/mol. The van der Waals surface area contributed by atoms with Gasteiger partial charge >= 0.3 is 0 Å². The van der Waals surface area contributed by atoms with E-state index in [-0.39, 0.29) is 0 Å². The monoisotopic (exact) mass is 283 g/mol. The van der Waals surface area contributed by atoms with E-state index in [1.807, 2.05) is 54.6 Å². The molecule has 0 atom stereocenters. The van der Waals surface area contributed by atoms with Gasteiger partial charge in [0.2, 0.25) is 4.77 Å². The van der Waals surface area contributed by atoms with E-state index >= 15 is 0 Å². The first kappa shape index (κ1) is 12.6. The van der Waals surface area contributed by atoms with Crippen LogP contribution in [0.25, 0.3) is 5.69 Å². The van der Waals surface area contributed by atoms with Crippen LogP contribution in [0, 0.1) is 4.77 Å². The minimum Gasteiger partial charge on any atom is -0.489 e. The predicted molar refractivity (Wildman–Crippen MR) is 79.5 cm³/mol. The summed E-state index contributed by atoms with van der Waals surface area (Å²) in [6.07, 6.45) is 1.58. The first-order valence-electron chi connectivity index (χ1n) is 6.22. The quantitative estimate of drug-likeness (QED) is 0.745. The molecule has 0 fully saturated rings. The number of aromatic nitrogens is 3. The number of aromatic amines is 1. The molecule has 0 saturated carbocycles. The van der Waals surface area contributed by atoms with Gasteiger partial charge in [-0.15, -0.1) is 0 Å². The van der Waals surface area contributed by atoms with Crippen molar-refractivity contribution in [2.45, 2.75) is 6.61 Å². The normalized spacial score (nSPS) is 10.4. The lowest BCUT2D eigenvalue weighted by atomic mass is 10.2. The Morgan fingerprint density at radius 2 is 1.95 bits per heavy atom. The van der Waals surface area contributed by atoms with Crippen LogP contribution in [0.3, 0.4) is 0 Å². The Morgan fingerprint density at radius 1 is 1.10 bits per heavy atom. The van der Waals surface area contributed by atoms with Gasteiger partial charge in [0.15, 0.2) is 0 Å². The van der Waals surface area contributed by atoms with Gasteiger partial charge in [0.25, 0.3) is 0 Å². The average Bonchev–Trinajstić information content (AvgIpc) is 2.93. The number of hydrogen-bond donors (Lipinski definition) is 1. The Labute approximate surface area is 121 Å². The van der Waals surface area contributed by atoms with Crippen molar-refractivity contribution in [3.8, 4) is 11.4 Å². The molecule has 0 saturated heterocycles. The first-order chi connectivity index (χ1) is 9.83. The zero-order valence-corrected chi connectivity index (χ0v) is 11.5. The molecule has 0 aliphatic rings. The Morgan fingerprint density at radius 3 is 2.70 bits per heavy atom. The maximum Gasteiger partial charge on any atom is 0.220 e. The molecule has 3 aromatic rings. The number of hydrogen-bond acceptors (Lipinski definition) is 3. The highest BCUT2D eigenvalue weighted by Gasteiger charge is 2.01. The lowest BCUT2D eigenvalue weighted by Crippen LogP contribution is -2.00. The number of rotatable bonds is 4. The number of benzene rings is 2. The summed E-state index contributed by atoms with van der Waals surface area (Å²) in [5.41, 5.74) is 2.02. The molecule has 0 aliphatic heterocycles. The zero-order valence-electron chi connectivity index (χ0n) is 10.7. The highest BCUT2D eigenvalue weighted by atomic mass is 32.1. The van der Waals surface area contributed by atoms with Crippen LogP contribution < -0.4 is 4.74 Å². The fourth-order valence-corrected chi connectivity index (χ4v) is 2.12. The lowest BCUT2D eigenvalue weighted by Gasteiger charge is -2.08. The molecule has 20 heavy (non-hydrogen) atoms. The molecule has 0 spiro atoms. The molecule has 0 aliphatic carbocycles. The van der Waals surface area contributed by atoms with Crippen LogP contribution in [-0.4, -0.2) is 14.8 Å². The van der Waals surface area contributed by atoms with Crippen molar-refractivity contribution in [3.63, 3.8) is 0 Å². The zero-order chi connectivity index (χ0) is 13.8. The molecule has 0 bridgehead atoms. The van der Waals surface area contributed by atoms with Gasteiger partial charge in [0.05, 0.1) is 5.69 Å². The van der Waals surface area contributed by atoms with Crippen molar-refractivity contribution in [2.24, 2.45) is 0 Å². The molecule has 4 nitrogen and oxygen atoms in total. The van der Waals surface area contributed by atoms with Gasteiger partial charge in [-0.05, 0) is 42.0 Å². The maximum absolute atomic E-state index is 5.73. The van der Waals surface area contributed by atoms with Gasteiger partial charge in [0, 0.05) is 0 Å². The smallest absolute Gasteiger partial charge is 0.220 e. The minimum atomic E-state index is 0.506. The molecule has 100 valence electrons. The second kappa shape index (κ2) is 5.71. The van der Waals surface area contributed by atoms with Gasteiger partial charge in [-0.2, -0.15) is 0 Å². The van der Waals surface area contributed by atoms with Gasteiger partial charge in [-0.25, -0.2) is 9.67 Å². The van der Waals surface area contributed by atoms with Gasteiger partial charge in [0.1, 0.15) is 18.7 Å². The molecule has 3 rings (SSSR count). The molecule has 0 amide bonds. The second-order valence-electron chi connectivity index (χ2n) is 4.28. The highest BCUT2D eigenvalue weighted by molar-refractivity contribution is 7.71. The summed E-state index contributed by atoms with van der Waals surface area (Å²) in [4.78, 5) is 4.01. The van der Waals surface area contributed by atoms with E-state index in [9.17, 15) is 0 Å². The molecule has 2 aromatic carbocycles. The molecular formula is C15H13N3OS. The van der Waals surface area contributed by atoms with Crippen molar-refractivity contribution < 1.29 is 4.74 Å². The molecular weight excluding hydrogens is 270 g/mol. The Hall–Kier alpha value is -2.40. The van der Waals surface area contributed by atoms with E-state index in [4.69, 9.17) is 17.0 Å². The number of nitrogens with one attached hydrogen (secondary N) is 1. The molecule has 1 N–H and O–H groups in total. The minimum absolute atomic E-state index is 0.506. The Bertz CT molecular complexity index is 749. The van der Waals surface area contributed by atoms with Crippen molar-refractivity contribution in [1.82, 2.24) is 14.8 Å². The summed E-state index contributed by atoms with van der Waals surface area (Å²) < 4.78 is 7.99. The van der Waals surface area contributed by atoms with Crippen LogP contribution in [0.5, 0.6) is 5.75 Å². The van der Waals surface area contributed by atoms with Crippen LogP contribution in [0.2, 0.25) is 0 Å². The Kier molecular flexibility index (Phi) is 3.60. The largest absolute Gasteiger partial charge is 0.489 e. The van der Waals surface area contributed by atoms with Crippen LogP contribution in [-0.2, 0) is 6.61 Å². The van der Waals surface area contributed by atoms with Crippen LogP contribution in [0.1, 0.15) is 5.56 Å². The van der Waals surface area contributed by atoms with Crippen molar-refractivity contribution >= 4 is 12.2 Å². The third-order valence-electron chi connectivity index (χ3n) is 2.87. The third-order valence-corrected chi connectivity index (χ3v) is 3.16. The Balaban J connectivity index is 1.78. The number of para-hydroxylation sites is 1. The number of H-pyrrole nitrogens is 1. The standard InChI is InChI=1S/C15H13N3OS/c20-15-16-11-17-18(15)13-6-4-5-12(9-13)10-19-14-7-2-1-3-8-14/h1-9,11H,10H2,(H,16,17,20). The van der Waals surface area contributed by atoms with Crippen molar-refractivity contribution in [1.29, 1.82) is 0 Å². The van der Waals surface area contributed by atoms with E-state index < -0.39 is 0 Å². The summed E-state index contributed by atoms with van der Waals surface area (Å²) in [5, 5.41) is 2.98. The van der Waals surface area contributed by atoms with Crippen molar-refractivity contribution in [2.75, 3.05) is 0 Å². The predicted octanol–water partition coefficient (Wildman–Crippen LogP) is 3.51. The SMILES string of the molecule is S=c1nc[nH]n1-c1cccc(COc2ccccc2)c1. The summed E-state index contributed by atoms with van der Waals surface area (Å²) >= 11 is 5.14. The number of nitrogens with zero attached hydrogens (tertiary/aromatic N) is 2. The van der Waals surface area contributed by atoms with Gasteiger partial charge in [-0.1, -0.05) is 30.3 Å². The first-order valence-corrected chi connectivity index (χ1v) is 6.63. The lowest BCUT2D eigenvalue weighted by molar-refractivity contribution is 0.306. The molecule has 0 unspecified atom stereocenters. The van der Waals surface area contributed by atoms with Crippen LogP contribution >= 0.6 is 12.2 Å². The molecule has 0 radical (unpaired) electrons. The van der Waals surface area contributed by atoms with E-state index in [1.165, 1.54) is 0 Å². The van der Waals surface area contributed by atoms with Crippen LogP contribution in [0.4, 0.5) is 0 Å². The molecule has 1 heterocycles. The summed E-state index contributed by atoms with van der Waals surface area (Å²) in [6, 6.07) is 17.7. The third kappa shape index (κ3) is 2.78. The van der Waals surface area contributed by atoms with E-state index in [0.29, 0.717) is 11.4 Å². The number of ether oxygens (including phenoxy) is 1. The molecule has 5 heteroatoms. The summed E-state index contributed by atoms with van der Waals surface area (Å²) in [7, 11) is 0. The van der Waals surface area contributed by atoms with E-state index in [1.54, 1.807) is 11.0 Å². The topological polar surface area (TPSA) is 42.8 Å².